The van der Waals surface area contributed by atoms with Crippen molar-refractivity contribution in [3.63, 3.8) is 0 Å². The standard InChI is InChI=1S/C21H24N4O7S/c1-2-6-14(23-21(28)32-18-8-5-12-31-18)20(27)24-11-9-15-19(24)16(26)13-25(15)33(29,30)17-7-3-4-10-22-17/h3-5,7-8,10,12,14-15,19H,2,6,9,11,13H2,1H3,(H,23,28). The third kappa shape index (κ3) is 4.48. The molecule has 0 aliphatic carbocycles. The van der Waals surface area contributed by atoms with Crippen LogP contribution >= 0.6 is 0 Å². The molecule has 4 rings (SSSR count). The van der Waals surface area contributed by atoms with E-state index in [4.69, 9.17) is 9.15 Å². The maximum atomic E-state index is 13.3. The summed E-state index contributed by atoms with van der Waals surface area (Å²) >= 11 is 0. The molecule has 2 fully saturated rings. The molecule has 0 saturated carbocycles. The number of hydrogen-bond acceptors (Lipinski definition) is 8. The van der Waals surface area contributed by atoms with Gasteiger partial charge in [0.15, 0.2) is 10.8 Å². The molecule has 2 saturated heterocycles. The highest BCUT2D eigenvalue weighted by Gasteiger charge is 2.54. The van der Waals surface area contributed by atoms with Crippen LogP contribution in [0.5, 0.6) is 5.95 Å². The van der Waals surface area contributed by atoms with Crippen molar-refractivity contribution >= 4 is 27.8 Å². The fourth-order valence-corrected chi connectivity index (χ4v) is 5.85. The quantitative estimate of drug-likeness (QED) is 0.628. The van der Waals surface area contributed by atoms with Gasteiger partial charge in [-0.05, 0) is 31.0 Å². The summed E-state index contributed by atoms with van der Waals surface area (Å²) in [4.78, 5) is 43.6. The van der Waals surface area contributed by atoms with Crippen molar-refractivity contribution < 1.29 is 32.0 Å². The van der Waals surface area contributed by atoms with E-state index in [0.717, 1.165) is 4.31 Å². The summed E-state index contributed by atoms with van der Waals surface area (Å²) in [5.74, 6) is -0.831. The zero-order valence-electron chi connectivity index (χ0n) is 17.9. The van der Waals surface area contributed by atoms with Gasteiger partial charge in [0.2, 0.25) is 5.91 Å². The second-order valence-electron chi connectivity index (χ2n) is 7.82. The van der Waals surface area contributed by atoms with Crippen LogP contribution in [-0.4, -0.2) is 71.6 Å². The Morgan fingerprint density at radius 1 is 1.30 bits per heavy atom. The minimum absolute atomic E-state index is 0.0159. The van der Waals surface area contributed by atoms with Gasteiger partial charge in [-0.2, -0.15) is 4.31 Å². The van der Waals surface area contributed by atoms with Gasteiger partial charge in [-0.25, -0.2) is 18.2 Å². The molecule has 0 radical (unpaired) electrons. The van der Waals surface area contributed by atoms with Crippen LogP contribution in [-0.2, 0) is 19.6 Å². The maximum absolute atomic E-state index is 13.3. The monoisotopic (exact) mass is 476 g/mol. The van der Waals surface area contributed by atoms with Gasteiger partial charge >= 0.3 is 6.09 Å². The SMILES string of the molecule is CCCC(NC(=O)Oc1ccco1)C(=O)N1CCC2C1C(=O)CN2S(=O)(=O)c1ccccn1. The molecule has 2 aliphatic heterocycles. The summed E-state index contributed by atoms with van der Waals surface area (Å²) in [5.41, 5.74) is 0. The van der Waals surface area contributed by atoms with Gasteiger partial charge in [-0.15, -0.1) is 0 Å². The summed E-state index contributed by atoms with van der Waals surface area (Å²) < 4.78 is 37.2. The van der Waals surface area contributed by atoms with Gasteiger partial charge < -0.3 is 19.4 Å². The van der Waals surface area contributed by atoms with Crippen molar-refractivity contribution in [2.45, 2.75) is 49.3 Å². The molecule has 11 nitrogen and oxygen atoms in total. The minimum atomic E-state index is -3.99. The first-order chi connectivity index (χ1) is 15.8. The van der Waals surface area contributed by atoms with Gasteiger partial charge in [0, 0.05) is 18.8 Å². The molecule has 4 heterocycles. The lowest BCUT2D eigenvalue weighted by Crippen LogP contribution is -2.53. The number of rotatable bonds is 7. The molecule has 2 aromatic heterocycles. The van der Waals surface area contributed by atoms with Gasteiger partial charge in [-0.3, -0.25) is 9.59 Å². The second kappa shape index (κ2) is 9.32. The molecule has 0 spiro atoms. The largest absolute Gasteiger partial charge is 0.434 e. The number of fused-ring (bicyclic) bond motifs is 1. The number of nitrogens with one attached hydrogen (secondary N) is 1. The van der Waals surface area contributed by atoms with E-state index >= 15 is 0 Å². The lowest BCUT2D eigenvalue weighted by Gasteiger charge is -2.27. The molecule has 1 N–H and O–H groups in total. The lowest BCUT2D eigenvalue weighted by atomic mass is 10.1. The highest BCUT2D eigenvalue weighted by atomic mass is 32.2. The number of likely N-dealkylation sites (tertiary alicyclic amines) is 1. The van der Waals surface area contributed by atoms with Crippen LogP contribution in [0.1, 0.15) is 26.2 Å². The smallest absolute Gasteiger partial charge is 0.415 e. The Morgan fingerprint density at radius 3 is 2.79 bits per heavy atom. The first kappa shape index (κ1) is 22.9. The number of hydrogen-bond donors (Lipinski definition) is 1. The maximum Gasteiger partial charge on any atom is 0.415 e. The predicted molar refractivity (Wildman–Crippen MR) is 114 cm³/mol. The Labute approximate surface area is 190 Å². The lowest BCUT2D eigenvalue weighted by molar-refractivity contribution is -0.138. The van der Waals surface area contributed by atoms with Crippen LogP contribution in [0, 0.1) is 0 Å². The summed E-state index contributed by atoms with van der Waals surface area (Å²) in [5, 5.41) is 2.39. The number of carbonyl (C=O) groups excluding carboxylic acids is 3. The second-order valence-corrected chi connectivity index (χ2v) is 9.66. The van der Waals surface area contributed by atoms with Gasteiger partial charge in [0.05, 0.1) is 18.8 Å². The molecule has 0 bridgehead atoms. The molecular formula is C21H24N4O7S. The Balaban J connectivity index is 1.49. The number of aromatic nitrogens is 1. The van der Waals surface area contributed by atoms with E-state index in [1.165, 1.54) is 29.5 Å². The summed E-state index contributed by atoms with van der Waals surface area (Å²) in [6.45, 7) is 1.72. The van der Waals surface area contributed by atoms with E-state index in [1.54, 1.807) is 18.2 Å². The van der Waals surface area contributed by atoms with Crippen LogP contribution in [0.2, 0.25) is 0 Å². The van der Waals surface area contributed by atoms with E-state index in [9.17, 15) is 22.8 Å². The molecule has 2 aliphatic rings. The van der Waals surface area contributed by atoms with Gasteiger partial charge in [0.25, 0.3) is 16.0 Å². The van der Waals surface area contributed by atoms with Crippen LogP contribution in [0.25, 0.3) is 0 Å². The Hall–Kier alpha value is -3.25. The number of ether oxygens (including phenoxy) is 1. The number of amides is 2. The third-order valence-electron chi connectivity index (χ3n) is 5.73. The van der Waals surface area contributed by atoms with E-state index in [1.807, 2.05) is 6.92 Å². The molecule has 176 valence electrons. The molecule has 33 heavy (non-hydrogen) atoms. The van der Waals surface area contributed by atoms with E-state index in [-0.39, 0.29) is 29.8 Å². The molecule has 3 atom stereocenters. The van der Waals surface area contributed by atoms with Crippen molar-refractivity contribution in [1.29, 1.82) is 0 Å². The van der Waals surface area contributed by atoms with Gasteiger partial charge in [0.1, 0.15) is 12.1 Å². The Bertz CT molecular complexity index is 1120. The molecular weight excluding hydrogens is 452 g/mol. The first-order valence-corrected chi connectivity index (χ1v) is 12.0. The van der Waals surface area contributed by atoms with Crippen molar-refractivity contribution in [2.24, 2.45) is 0 Å². The predicted octanol–water partition coefficient (Wildman–Crippen LogP) is 1.17. The van der Waals surface area contributed by atoms with Crippen LogP contribution in [0.4, 0.5) is 4.79 Å². The highest BCUT2D eigenvalue weighted by Crippen LogP contribution is 2.34. The number of sulfonamides is 1. The average molecular weight is 477 g/mol. The van der Waals surface area contributed by atoms with E-state index in [0.29, 0.717) is 19.3 Å². The number of Topliss-reactive ketones (excluding diaryl/α,β-unsaturated/α-hetero) is 1. The molecule has 3 unspecified atom stereocenters. The molecule has 12 heteroatoms. The minimum Gasteiger partial charge on any atom is -0.434 e. The molecule has 2 amide bonds. The average Bonchev–Trinajstić information content (AvgIpc) is 3.53. The first-order valence-electron chi connectivity index (χ1n) is 10.6. The van der Waals surface area contributed by atoms with Crippen molar-refractivity contribution in [3.05, 3.63) is 42.8 Å². The fourth-order valence-electron chi connectivity index (χ4n) is 4.29. The summed E-state index contributed by atoms with van der Waals surface area (Å²) in [6.07, 6.45) is 3.08. The summed E-state index contributed by atoms with van der Waals surface area (Å²) in [7, 11) is -3.99. The molecule has 2 aromatic rings. The number of furan rings is 1. The third-order valence-corrected chi connectivity index (χ3v) is 7.51. The Kier molecular flexibility index (Phi) is 6.47. The normalized spacial score (nSPS) is 21.6. The number of carbonyl (C=O) groups is 3. The highest BCUT2D eigenvalue weighted by molar-refractivity contribution is 7.89. The van der Waals surface area contributed by atoms with E-state index in [2.05, 4.69) is 10.3 Å². The number of pyridine rings is 1. The molecule has 0 aromatic carbocycles. The topological polar surface area (TPSA) is 139 Å². The fraction of sp³-hybridized carbons (Fsp3) is 0.429. The summed E-state index contributed by atoms with van der Waals surface area (Å²) in [6, 6.07) is 5.03. The van der Waals surface area contributed by atoms with Crippen LogP contribution in [0.3, 0.4) is 0 Å². The van der Waals surface area contributed by atoms with Crippen molar-refractivity contribution in [3.8, 4) is 5.95 Å². The van der Waals surface area contributed by atoms with Gasteiger partial charge in [-0.1, -0.05) is 19.4 Å². The number of nitrogens with zero attached hydrogens (tertiary/aromatic N) is 3. The van der Waals surface area contributed by atoms with Crippen molar-refractivity contribution in [2.75, 3.05) is 13.1 Å². The zero-order chi connectivity index (χ0) is 23.6. The van der Waals surface area contributed by atoms with Crippen LogP contribution in [0.15, 0.2) is 52.2 Å². The number of ketones is 1. The Morgan fingerprint density at radius 2 is 2.12 bits per heavy atom. The van der Waals surface area contributed by atoms with Crippen molar-refractivity contribution in [1.82, 2.24) is 19.5 Å². The van der Waals surface area contributed by atoms with Crippen LogP contribution < -0.4 is 10.1 Å². The van der Waals surface area contributed by atoms with E-state index < -0.39 is 40.1 Å². The zero-order valence-corrected chi connectivity index (χ0v) is 18.7.